The van der Waals surface area contributed by atoms with Gasteiger partial charge in [0.2, 0.25) is 0 Å². The van der Waals surface area contributed by atoms with Crippen LogP contribution in [0.25, 0.3) is 0 Å². The highest BCUT2D eigenvalue weighted by Gasteiger charge is 2.35. The monoisotopic (exact) mass is 298 g/mol. The van der Waals surface area contributed by atoms with Gasteiger partial charge in [-0.2, -0.15) is 0 Å². The van der Waals surface area contributed by atoms with Crippen molar-refractivity contribution in [3.63, 3.8) is 0 Å². The lowest BCUT2D eigenvalue weighted by molar-refractivity contribution is 0.0474. The maximum Gasteiger partial charge on any atom is 0.142 e. The van der Waals surface area contributed by atoms with E-state index in [1.807, 2.05) is 6.07 Å². The smallest absolute Gasteiger partial charge is 0.142 e. The molecule has 1 aliphatic rings. The Bertz CT molecular complexity index is 474. The van der Waals surface area contributed by atoms with Gasteiger partial charge < -0.3 is 5.32 Å². The Morgan fingerprint density at radius 3 is 2.80 bits per heavy atom. The van der Waals surface area contributed by atoms with Gasteiger partial charge in [-0.15, -0.1) is 0 Å². The normalized spacial score (nSPS) is 23.2. The Kier molecular flexibility index (Phi) is 4.73. The molecule has 1 aromatic rings. The van der Waals surface area contributed by atoms with Crippen LogP contribution in [-0.2, 0) is 6.54 Å². The highest BCUT2D eigenvalue weighted by molar-refractivity contribution is 6.31. The number of halogens is 2. The zero-order valence-electron chi connectivity index (χ0n) is 12.7. The molecular weight excluding hydrogens is 275 g/mol. The third-order valence-corrected chi connectivity index (χ3v) is 4.69. The van der Waals surface area contributed by atoms with Crippen molar-refractivity contribution in [2.75, 3.05) is 13.1 Å². The molecule has 2 rings (SSSR count). The van der Waals surface area contributed by atoms with E-state index < -0.39 is 0 Å². The first-order valence-corrected chi connectivity index (χ1v) is 7.60. The van der Waals surface area contributed by atoms with Crippen LogP contribution in [0.1, 0.15) is 33.3 Å². The van der Waals surface area contributed by atoms with Crippen molar-refractivity contribution in [1.29, 1.82) is 0 Å². The molecule has 1 heterocycles. The van der Waals surface area contributed by atoms with Gasteiger partial charge in [-0.3, -0.25) is 4.90 Å². The summed E-state index contributed by atoms with van der Waals surface area (Å²) in [6, 6.07) is 5.51. The Morgan fingerprint density at radius 2 is 2.15 bits per heavy atom. The molecule has 1 N–H and O–H groups in total. The zero-order chi connectivity index (χ0) is 14.9. The predicted octanol–water partition coefficient (Wildman–Crippen LogP) is 3.69. The number of hydrogen-bond acceptors (Lipinski definition) is 2. The van der Waals surface area contributed by atoms with Crippen molar-refractivity contribution < 1.29 is 4.39 Å². The second-order valence-electron chi connectivity index (χ2n) is 6.64. The quantitative estimate of drug-likeness (QED) is 0.915. The first kappa shape index (κ1) is 15.7. The van der Waals surface area contributed by atoms with E-state index in [0.717, 1.165) is 18.7 Å². The molecule has 0 radical (unpaired) electrons. The van der Waals surface area contributed by atoms with Crippen molar-refractivity contribution >= 4 is 11.6 Å². The van der Waals surface area contributed by atoms with Crippen molar-refractivity contribution in [3.05, 3.63) is 34.6 Å². The van der Waals surface area contributed by atoms with Gasteiger partial charge in [0.05, 0.1) is 5.02 Å². The molecule has 1 saturated heterocycles. The minimum Gasteiger partial charge on any atom is -0.311 e. The van der Waals surface area contributed by atoms with Crippen LogP contribution >= 0.6 is 11.6 Å². The van der Waals surface area contributed by atoms with Gasteiger partial charge in [-0.25, -0.2) is 4.39 Å². The number of hydrogen-bond donors (Lipinski definition) is 1. The van der Waals surface area contributed by atoms with Crippen LogP contribution in [-0.4, -0.2) is 29.6 Å². The molecule has 0 bridgehead atoms. The summed E-state index contributed by atoms with van der Waals surface area (Å²) in [6.07, 6.45) is 0. The van der Waals surface area contributed by atoms with E-state index in [1.54, 1.807) is 6.07 Å². The van der Waals surface area contributed by atoms with Gasteiger partial charge in [0.1, 0.15) is 5.82 Å². The molecule has 0 amide bonds. The maximum absolute atomic E-state index is 13.6. The number of nitrogens with one attached hydrogen (secondary N) is 1. The van der Waals surface area contributed by atoms with E-state index in [9.17, 15) is 4.39 Å². The molecule has 1 aromatic carbocycles. The molecule has 1 unspecified atom stereocenters. The number of piperazine rings is 1. The lowest BCUT2D eigenvalue weighted by Gasteiger charge is -2.47. The summed E-state index contributed by atoms with van der Waals surface area (Å²) in [5.74, 6) is 0.245. The summed E-state index contributed by atoms with van der Waals surface area (Å²) in [4.78, 5) is 2.40. The maximum atomic E-state index is 13.6. The molecule has 0 aromatic heterocycles. The standard InChI is InChI=1S/C16H24ClFN2/c1-11(2)14-9-20(16(3,4)10-19-14)8-12-6-5-7-13(18)15(12)17/h5-7,11,14,19H,8-10H2,1-4H3. The van der Waals surface area contributed by atoms with Gasteiger partial charge in [0.15, 0.2) is 0 Å². The fourth-order valence-corrected chi connectivity index (χ4v) is 2.83. The van der Waals surface area contributed by atoms with Crippen LogP contribution in [0.5, 0.6) is 0 Å². The summed E-state index contributed by atoms with van der Waals surface area (Å²) in [5.41, 5.74) is 0.908. The third kappa shape index (κ3) is 3.33. The van der Waals surface area contributed by atoms with Crippen LogP contribution < -0.4 is 5.32 Å². The first-order chi connectivity index (χ1) is 9.31. The summed E-state index contributed by atoms with van der Waals surface area (Å²) in [7, 11) is 0. The van der Waals surface area contributed by atoms with E-state index in [4.69, 9.17) is 11.6 Å². The third-order valence-electron chi connectivity index (χ3n) is 4.27. The Labute approximate surface area is 126 Å². The van der Waals surface area contributed by atoms with Crippen LogP contribution in [0, 0.1) is 11.7 Å². The lowest BCUT2D eigenvalue weighted by Crippen LogP contribution is -2.62. The molecule has 112 valence electrons. The summed E-state index contributed by atoms with van der Waals surface area (Å²) >= 11 is 6.09. The summed E-state index contributed by atoms with van der Waals surface area (Å²) in [5, 5.41) is 3.85. The molecule has 1 atom stereocenters. The lowest BCUT2D eigenvalue weighted by atomic mass is 9.92. The molecule has 4 heteroatoms. The van der Waals surface area contributed by atoms with Crippen molar-refractivity contribution in [3.8, 4) is 0 Å². The van der Waals surface area contributed by atoms with Crippen LogP contribution in [0.2, 0.25) is 5.02 Å². The Hall–Kier alpha value is -0.640. The van der Waals surface area contributed by atoms with Crippen LogP contribution in [0.15, 0.2) is 18.2 Å². The topological polar surface area (TPSA) is 15.3 Å². The number of benzene rings is 1. The molecule has 2 nitrogen and oxygen atoms in total. The Morgan fingerprint density at radius 1 is 1.45 bits per heavy atom. The molecule has 20 heavy (non-hydrogen) atoms. The van der Waals surface area contributed by atoms with E-state index in [-0.39, 0.29) is 16.4 Å². The molecule has 0 spiro atoms. The minimum absolute atomic E-state index is 0.0427. The Balaban J connectivity index is 2.18. The average molecular weight is 299 g/mol. The largest absolute Gasteiger partial charge is 0.311 e. The van der Waals surface area contributed by atoms with Crippen molar-refractivity contribution in [1.82, 2.24) is 10.2 Å². The summed E-state index contributed by atoms with van der Waals surface area (Å²) < 4.78 is 13.6. The van der Waals surface area contributed by atoms with Gasteiger partial charge in [0, 0.05) is 31.2 Å². The predicted molar refractivity (Wildman–Crippen MR) is 82.5 cm³/mol. The minimum atomic E-state index is -0.336. The van der Waals surface area contributed by atoms with E-state index in [0.29, 0.717) is 18.5 Å². The molecular formula is C16H24ClFN2. The van der Waals surface area contributed by atoms with Gasteiger partial charge in [0.25, 0.3) is 0 Å². The number of nitrogens with zero attached hydrogens (tertiary/aromatic N) is 1. The average Bonchev–Trinajstić information content (AvgIpc) is 2.36. The summed E-state index contributed by atoms with van der Waals surface area (Å²) in [6.45, 7) is 11.5. The zero-order valence-corrected chi connectivity index (χ0v) is 13.5. The van der Waals surface area contributed by atoms with Gasteiger partial charge in [-0.05, 0) is 31.4 Å². The second kappa shape index (κ2) is 6.00. The van der Waals surface area contributed by atoms with Crippen LogP contribution in [0.4, 0.5) is 4.39 Å². The van der Waals surface area contributed by atoms with Gasteiger partial charge >= 0.3 is 0 Å². The molecule has 1 fully saturated rings. The van der Waals surface area contributed by atoms with Crippen molar-refractivity contribution in [2.24, 2.45) is 5.92 Å². The van der Waals surface area contributed by atoms with Gasteiger partial charge in [-0.1, -0.05) is 37.6 Å². The van der Waals surface area contributed by atoms with E-state index >= 15 is 0 Å². The van der Waals surface area contributed by atoms with Crippen LogP contribution in [0.3, 0.4) is 0 Å². The second-order valence-corrected chi connectivity index (χ2v) is 7.02. The SMILES string of the molecule is CC(C)C1CN(Cc2cccc(F)c2Cl)C(C)(C)CN1. The molecule has 1 aliphatic heterocycles. The fourth-order valence-electron chi connectivity index (χ4n) is 2.64. The van der Waals surface area contributed by atoms with E-state index in [2.05, 4.69) is 37.9 Å². The van der Waals surface area contributed by atoms with Crippen molar-refractivity contribution in [2.45, 2.75) is 45.8 Å². The number of rotatable bonds is 3. The fraction of sp³-hybridized carbons (Fsp3) is 0.625. The van der Waals surface area contributed by atoms with E-state index in [1.165, 1.54) is 6.07 Å². The first-order valence-electron chi connectivity index (χ1n) is 7.22. The highest BCUT2D eigenvalue weighted by atomic mass is 35.5. The molecule has 0 saturated carbocycles. The molecule has 0 aliphatic carbocycles. The highest BCUT2D eigenvalue weighted by Crippen LogP contribution is 2.27.